The average molecular weight is 405 g/mol. The van der Waals surface area contributed by atoms with E-state index in [0.717, 1.165) is 33.6 Å². The fourth-order valence-corrected chi connectivity index (χ4v) is 3.21. The van der Waals surface area contributed by atoms with E-state index in [9.17, 15) is 4.79 Å². The van der Waals surface area contributed by atoms with Crippen LogP contribution in [-0.4, -0.2) is 22.4 Å². The summed E-state index contributed by atoms with van der Waals surface area (Å²) >= 11 is 0. The zero-order valence-corrected chi connectivity index (χ0v) is 16.7. The predicted octanol–water partition coefficient (Wildman–Crippen LogP) is 5.29. The molecule has 5 heteroatoms. The average Bonchev–Trinajstić information content (AvgIpc) is 3.27. The summed E-state index contributed by atoms with van der Waals surface area (Å²) in [5.41, 5.74) is 5.61. The highest BCUT2D eigenvalue weighted by Gasteiger charge is 2.11. The Kier molecular flexibility index (Phi) is 6.01. The minimum atomic E-state index is -0.570. The number of rotatable bonds is 6. The lowest BCUT2D eigenvalue weighted by Gasteiger charge is -2.04. The minimum Gasteiger partial charge on any atom is -0.447 e. The van der Waals surface area contributed by atoms with Gasteiger partial charge >= 0.3 is 5.97 Å². The molecule has 4 rings (SSSR count). The van der Waals surface area contributed by atoms with Gasteiger partial charge in [-0.25, -0.2) is 9.48 Å². The molecule has 0 unspecified atom stereocenters. The van der Waals surface area contributed by atoms with Gasteiger partial charge in [-0.15, -0.1) is 0 Å². The molecule has 0 saturated heterocycles. The smallest absolute Gasteiger partial charge is 0.331 e. The first kappa shape index (κ1) is 19.9. The molecule has 0 spiro atoms. The Morgan fingerprint density at radius 2 is 1.52 bits per heavy atom. The zero-order chi connectivity index (χ0) is 21.5. The summed E-state index contributed by atoms with van der Waals surface area (Å²) in [6, 6.07) is 29.9. The van der Waals surface area contributed by atoms with E-state index < -0.39 is 5.97 Å². The molecule has 150 valence electrons. The van der Waals surface area contributed by atoms with Crippen LogP contribution in [0.15, 0.2) is 97.2 Å². The minimum absolute atomic E-state index is 0.278. The van der Waals surface area contributed by atoms with Crippen molar-refractivity contribution in [1.29, 1.82) is 5.26 Å². The maximum Gasteiger partial charge on any atom is 0.331 e. The van der Waals surface area contributed by atoms with Gasteiger partial charge in [-0.3, -0.25) is 0 Å². The van der Waals surface area contributed by atoms with E-state index in [0.29, 0.717) is 0 Å². The topological polar surface area (TPSA) is 67.9 Å². The van der Waals surface area contributed by atoms with Crippen LogP contribution in [-0.2, 0) is 9.53 Å². The van der Waals surface area contributed by atoms with Gasteiger partial charge < -0.3 is 4.74 Å². The molecule has 31 heavy (non-hydrogen) atoms. The maximum absolute atomic E-state index is 11.8. The van der Waals surface area contributed by atoms with Crippen molar-refractivity contribution in [3.05, 3.63) is 103 Å². The van der Waals surface area contributed by atoms with Crippen LogP contribution in [0.25, 0.3) is 34.1 Å². The van der Waals surface area contributed by atoms with Crippen molar-refractivity contribution in [3.63, 3.8) is 0 Å². The van der Waals surface area contributed by atoms with Gasteiger partial charge in [-0.05, 0) is 29.3 Å². The number of benzene rings is 3. The number of nitriles is 1. The van der Waals surface area contributed by atoms with Crippen molar-refractivity contribution in [3.8, 4) is 34.1 Å². The third-order valence-electron chi connectivity index (χ3n) is 4.71. The first-order valence-corrected chi connectivity index (χ1v) is 9.77. The van der Waals surface area contributed by atoms with Crippen molar-refractivity contribution >= 4 is 12.0 Å². The zero-order valence-electron chi connectivity index (χ0n) is 16.7. The highest BCUT2D eigenvalue weighted by atomic mass is 16.5. The van der Waals surface area contributed by atoms with Gasteiger partial charge in [0.15, 0.2) is 6.61 Å². The molecule has 1 aromatic heterocycles. The predicted molar refractivity (Wildman–Crippen MR) is 120 cm³/mol. The van der Waals surface area contributed by atoms with E-state index in [2.05, 4.69) is 24.3 Å². The van der Waals surface area contributed by atoms with E-state index in [-0.39, 0.29) is 6.61 Å². The molecule has 0 N–H and O–H groups in total. The van der Waals surface area contributed by atoms with Gasteiger partial charge in [0.05, 0.1) is 11.4 Å². The fourth-order valence-electron chi connectivity index (χ4n) is 3.21. The first-order valence-electron chi connectivity index (χ1n) is 9.77. The lowest BCUT2D eigenvalue weighted by molar-refractivity contribution is -0.136. The lowest BCUT2D eigenvalue weighted by Crippen LogP contribution is -1.99. The molecule has 0 aliphatic carbocycles. The van der Waals surface area contributed by atoms with Crippen LogP contribution >= 0.6 is 0 Å². The van der Waals surface area contributed by atoms with Crippen LogP contribution in [0, 0.1) is 11.3 Å². The number of esters is 1. The third kappa shape index (κ3) is 4.77. The SMILES string of the molecule is N#CCOC(=O)/C=C/c1cn(-c2ccccc2)nc1-c1ccc(-c2ccccc2)cc1. The van der Waals surface area contributed by atoms with Crippen LogP contribution in [0.2, 0.25) is 0 Å². The monoisotopic (exact) mass is 405 g/mol. The van der Waals surface area contributed by atoms with Gasteiger partial charge in [-0.1, -0.05) is 72.8 Å². The third-order valence-corrected chi connectivity index (χ3v) is 4.71. The van der Waals surface area contributed by atoms with Crippen LogP contribution in [0.3, 0.4) is 0 Å². The van der Waals surface area contributed by atoms with Gasteiger partial charge in [0, 0.05) is 23.4 Å². The Morgan fingerprint density at radius 3 is 2.19 bits per heavy atom. The number of para-hydroxylation sites is 1. The second kappa shape index (κ2) is 9.38. The van der Waals surface area contributed by atoms with E-state index in [1.807, 2.05) is 66.9 Å². The number of carbonyl (C=O) groups excluding carboxylic acids is 1. The number of hydrogen-bond donors (Lipinski definition) is 0. The summed E-state index contributed by atoms with van der Waals surface area (Å²) in [4.78, 5) is 11.8. The maximum atomic E-state index is 11.8. The fraction of sp³-hybridized carbons (Fsp3) is 0.0385. The summed E-state index contributed by atoms with van der Waals surface area (Å²) in [7, 11) is 0. The van der Waals surface area contributed by atoms with Crippen molar-refractivity contribution in [1.82, 2.24) is 9.78 Å². The number of ether oxygens (including phenoxy) is 1. The van der Waals surface area contributed by atoms with Crippen LogP contribution in [0.4, 0.5) is 0 Å². The first-order chi connectivity index (χ1) is 15.2. The number of carbonyl (C=O) groups is 1. The Labute approximate surface area is 180 Å². The molecule has 0 aliphatic heterocycles. The second-order valence-electron chi connectivity index (χ2n) is 6.76. The van der Waals surface area contributed by atoms with E-state index >= 15 is 0 Å². The summed E-state index contributed by atoms with van der Waals surface area (Å²) in [5.74, 6) is -0.570. The second-order valence-corrected chi connectivity index (χ2v) is 6.76. The molecule has 3 aromatic carbocycles. The summed E-state index contributed by atoms with van der Waals surface area (Å²) in [5, 5.41) is 13.3. The van der Waals surface area contributed by atoms with Crippen LogP contribution in [0.1, 0.15) is 5.56 Å². The molecule has 0 radical (unpaired) electrons. The quantitative estimate of drug-likeness (QED) is 0.323. The summed E-state index contributed by atoms with van der Waals surface area (Å²) < 4.78 is 6.58. The number of aromatic nitrogens is 2. The Hall–Kier alpha value is -4.43. The molecule has 1 heterocycles. The summed E-state index contributed by atoms with van der Waals surface area (Å²) in [6.07, 6.45) is 4.84. The molecular weight excluding hydrogens is 386 g/mol. The molecule has 5 nitrogen and oxygen atoms in total. The lowest BCUT2D eigenvalue weighted by atomic mass is 10.0. The molecule has 0 fully saturated rings. The van der Waals surface area contributed by atoms with Crippen molar-refractivity contribution in [2.75, 3.05) is 6.61 Å². The Balaban J connectivity index is 1.70. The largest absolute Gasteiger partial charge is 0.447 e. The van der Waals surface area contributed by atoms with Crippen molar-refractivity contribution in [2.24, 2.45) is 0 Å². The van der Waals surface area contributed by atoms with Gasteiger partial charge in [0.25, 0.3) is 0 Å². The van der Waals surface area contributed by atoms with E-state index in [1.165, 1.54) is 6.08 Å². The van der Waals surface area contributed by atoms with E-state index in [4.69, 9.17) is 15.1 Å². The van der Waals surface area contributed by atoms with Gasteiger partial charge in [0.1, 0.15) is 6.07 Å². The van der Waals surface area contributed by atoms with Crippen molar-refractivity contribution in [2.45, 2.75) is 0 Å². The van der Waals surface area contributed by atoms with Gasteiger partial charge in [0.2, 0.25) is 0 Å². The molecule has 0 saturated carbocycles. The molecule has 0 aliphatic rings. The Morgan fingerprint density at radius 1 is 0.903 bits per heavy atom. The van der Waals surface area contributed by atoms with Crippen LogP contribution < -0.4 is 0 Å². The number of hydrogen-bond acceptors (Lipinski definition) is 4. The summed E-state index contributed by atoms with van der Waals surface area (Å²) in [6.45, 7) is -0.278. The van der Waals surface area contributed by atoms with Crippen LogP contribution in [0.5, 0.6) is 0 Å². The molecule has 0 amide bonds. The number of nitrogens with zero attached hydrogens (tertiary/aromatic N) is 3. The normalized spacial score (nSPS) is 10.7. The standard InChI is InChI=1S/C26H19N3O2/c27-17-18-31-25(30)16-15-23-19-29(24-9-5-2-6-10-24)28-26(23)22-13-11-21(12-14-22)20-7-3-1-4-8-20/h1-16,19H,18H2/b16-15+. The van der Waals surface area contributed by atoms with Gasteiger partial charge in [-0.2, -0.15) is 10.4 Å². The van der Waals surface area contributed by atoms with Crippen molar-refractivity contribution < 1.29 is 9.53 Å². The molecular formula is C26H19N3O2. The Bertz CT molecular complexity index is 1240. The molecule has 0 atom stereocenters. The van der Waals surface area contributed by atoms with E-state index in [1.54, 1.807) is 16.8 Å². The highest BCUT2D eigenvalue weighted by Crippen LogP contribution is 2.28. The molecule has 4 aromatic rings. The highest BCUT2D eigenvalue weighted by molar-refractivity contribution is 5.89. The molecule has 0 bridgehead atoms.